The molecular weight excluding hydrogens is 244 g/mol. The van der Waals surface area contributed by atoms with Crippen LogP contribution < -0.4 is 11.3 Å². The molecular formula is C18H24N2. The SMILES string of the molecule is Cc1cc(C)cc(C(CCCc2ccccc2)NN)c1. The number of nitrogens with two attached hydrogens (primary N) is 1. The Hall–Kier alpha value is -1.64. The zero-order valence-electron chi connectivity index (χ0n) is 12.4. The van der Waals surface area contributed by atoms with Gasteiger partial charge in [0.1, 0.15) is 0 Å². The highest BCUT2D eigenvalue weighted by Gasteiger charge is 2.10. The van der Waals surface area contributed by atoms with Crippen LogP contribution in [-0.2, 0) is 6.42 Å². The monoisotopic (exact) mass is 268 g/mol. The lowest BCUT2D eigenvalue weighted by molar-refractivity contribution is 0.498. The lowest BCUT2D eigenvalue weighted by atomic mass is 9.97. The number of nitrogens with one attached hydrogen (secondary N) is 1. The molecule has 0 aliphatic carbocycles. The highest BCUT2D eigenvalue weighted by Crippen LogP contribution is 2.21. The topological polar surface area (TPSA) is 38.0 Å². The summed E-state index contributed by atoms with van der Waals surface area (Å²) in [6, 6.07) is 17.5. The molecule has 2 heteroatoms. The Morgan fingerprint density at radius 2 is 1.65 bits per heavy atom. The van der Waals surface area contributed by atoms with Crippen molar-refractivity contribution in [2.24, 2.45) is 5.84 Å². The molecule has 0 radical (unpaired) electrons. The lowest BCUT2D eigenvalue weighted by Gasteiger charge is -2.17. The summed E-state index contributed by atoms with van der Waals surface area (Å²) >= 11 is 0. The number of benzene rings is 2. The van der Waals surface area contributed by atoms with Gasteiger partial charge >= 0.3 is 0 Å². The van der Waals surface area contributed by atoms with E-state index < -0.39 is 0 Å². The first-order valence-electron chi connectivity index (χ1n) is 7.27. The van der Waals surface area contributed by atoms with Gasteiger partial charge in [0.2, 0.25) is 0 Å². The smallest absolute Gasteiger partial charge is 0.0460 e. The Bertz CT molecular complexity index is 514. The minimum Gasteiger partial charge on any atom is -0.271 e. The van der Waals surface area contributed by atoms with Crippen molar-refractivity contribution in [2.75, 3.05) is 0 Å². The lowest BCUT2D eigenvalue weighted by Crippen LogP contribution is -2.28. The van der Waals surface area contributed by atoms with Crippen molar-refractivity contribution >= 4 is 0 Å². The summed E-state index contributed by atoms with van der Waals surface area (Å²) in [4.78, 5) is 0. The Morgan fingerprint density at radius 1 is 1.00 bits per heavy atom. The van der Waals surface area contributed by atoms with Crippen LogP contribution in [0.4, 0.5) is 0 Å². The van der Waals surface area contributed by atoms with Gasteiger partial charge in [0.05, 0.1) is 0 Å². The van der Waals surface area contributed by atoms with Crippen LogP contribution >= 0.6 is 0 Å². The minimum absolute atomic E-state index is 0.234. The summed E-state index contributed by atoms with van der Waals surface area (Å²) < 4.78 is 0. The van der Waals surface area contributed by atoms with E-state index >= 15 is 0 Å². The second-order valence-electron chi connectivity index (χ2n) is 5.52. The maximum Gasteiger partial charge on any atom is 0.0460 e. The van der Waals surface area contributed by atoms with Gasteiger partial charge in [0.15, 0.2) is 0 Å². The van der Waals surface area contributed by atoms with E-state index in [1.165, 1.54) is 22.3 Å². The molecule has 3 N–H and O–H groups in total. The zero-order chi connectivity index (χ0) is 14.4. The van der Waals surface area contributed by atoms with E-state index in [4.69, 9.17) is 5.84 Å². The first-order chi connectivity index (χ1) is 9.69. The van der Waals surface area contributed by atoms with Gasteiger partial charge in [-0.3, -0.25) is 11.3 Å². The summed E-state index contributed by atoms with van der Waals surface area (Å²) in [5.41, 5.74) is 8.23. The van der Waals surface area contributed by atoms with Gasteiger partial charge in [0.25, 0.3) is 0 Å². The number of hydrazine groups is 1. The van der Waals surface area contributed by atoms with Crippen LogP contribution in [-0.4, -0.2) is 0 Å². The predicted molar refractivity (Wildman–Crippen MR) is 85.4 cm³/mol. The largest absolute Gasteiger partial charge is 0.271 e. The quantitative estimate of drug-likeness (QED) is 0.617. The first-order valence-corrected chi connectivity index (χ1v) is 7.27. The van der Waals surface area contributed by atoms with Crippen molar-refractivity contribution in [1.29, 1.82) is 0 Å². The van der Waals surface area contributed by atoms with Gasteiger partial charge in [-0.2, -0.15) is 0 Å². The Labute approximate surface area is 122 Å². The zero-order valence-corrected chi connectivity index (χ0v) is 12.4. The highest BCUT2D eigenvalue weighted by atomic mass is 15.2. The summed E-state index contributed by atoms with van der Waals surface area (Å²) in [5, 5.41) is 0. The Kier molecular flexibility index (Phi) is 5.33. The number of hydrogen-bond donors (Lipinski definition) is 2. The van der Waals surface area contributed by atoms with Crippen LogP contribution in [0.1, 0.15) is 41.1 Å². The Morgan fingerprint density at radius 3 is 2.25 bits per heavy atom. The Balaban J connectivity index is 1.95. The van der Waals surface area contributed by atoms with Crippen molar-refractivity contribution in [1.82, 2.24) is 5.43 Å². The minimum atomic E-state index is 0.234. The molecule has 0 saturated heterocycles. The molecule has 0 bridgehead atoms. The fraction of sp³-hybridized carbons (Fsp3) is 0.333. The van der Waals surface area contributed by atoms with Crippen LogP contribution in [0, 0.1) is 13.8 Å². The van der Waals surface area contributed by atoms with E-state index in [2.05, 4.69) is 67.8 Å². The molecule has 0 aromatic heterocycles. The van der Waals surface area contributed by atoms with Gasteiger partial charge < -0.3 is 0 Å². The maximum atomic E-state index is 5.73. The molecule has 106 valence electrons. The van der Waals surface area contributed by atoms with Crippen LogP contribution in [0.25, 0.3) is 0 Å². The van der Waals surface area contributed by atoms with E-state index in [1.54, 1.807) is 0 Å². The second kappa shape index (κ2) is 7.22. The molecule has 0 fully saturated rings. The van der Waals surface area contributed by atoms with E-state index in [-0.39, 0.29) is 6.04 Å². The third kappa shape index (κ3) is 4.19. The van der Waals surface area contributed by atoms with Crippen LogP contribution in [0.15, 0.2) is 48.5 Å². The van der Waals surface area contributed by atoms with Crippen LogP contribution in [0.3, 0.4) is 0 Å². The summed E-state index contributed by atoms with van der Waals surface area (Å²) in [6.45, 7) is 4.27. The number of aryl methyl sites for hydroxylation is 3. The molecule has 2 rings (SSSR count). The average Bonchev–Trinajstić information content (AvgIpc) is 2.43. The predicted octanol–water partition coefficient (Wildman–Crippen LogP) is 3.83. The molecule has 0 saturated carbocycles. The van der Waals surface area contributed by atoms with Crippen molar-refractivity contribution in [3.8, 4) is 0 Å². The van der Waals surface area contributed by atoms with Gasteiger partial charge in [-0.1, -0.05) is 59.7 Å². The van der Waals surface area contributed by atoms with Crippen LogP contribution in [0.2, 0.25) is 0 Å². The molecule has 0 aliphatic rings. The van der Waals surface area contributed by atoms with E-state index in [0.29, 0.717) is 0 Å². The van der Waals surface area contributed by atoms with Crippen molar-refractivity contribution < 1.29 is 0 Å². The first kappa shape index (κ1) is 14.8. The number of rotatable bonds is 6. The van der Waals surface area contributed by atoms with Gasteiger partial charge in [-0.05, 0) is 44.2 Å². The molecule has 2 nitrogen and oxygen atoms in total. The molecule has 1 unspecified atom stereocenters. The summed E-state index contributed by atoms with van der Waals surface area (Å²) in [5.74, 6) is 5.73. The molecule has 0 heterocycles. The van der Waals surface area contributed by atoms with Crippen molar-refractivity contribution in [3.63, 3.8) is 0 Å². The molecule has 2 aromatic rings. The van der Waals surface area contributed by atoms with Crippen LogP contribution in [0.5, 0.6) is 0 Å². The molecule has 2 aromatic carbocycles. The molecule has 0 amide bonds. The van der Waals surface area contributed by atoms with E-state index in [1.807, 2.05) is 0 Å². The summed E-state index contributed by atoms with van der Waals surface area (Å²) in [7, 11) is 0. The van der Waals surface area contributed by atoms with Crippen molar-refractivity contribution in [2.45, 2.75) is 39.2 Å². The standard InChI is InChI=1S/C18H24N2/c1-14-11-15(2)13-17(12-14)18(20-19)10-6-9-16-7-4-3-5-8-16/h3-5,7-8,11-13,18,20H,6,9-10,19H2,1-2H3. The van der Waals surface area contributed by atoms with Gasteiger partial charge in [-0.15, -0.1) is 0 Å². The molecule has 0 spiro atoms. The van der Waals surface area contributed by atoms with E-state index in [9.17, 15) is 0 Å². The molecule has 20 heavy (non-hydrogen) atoms. The fourth-order valence-corrected chi connectivity index (χ4v) is 2.71. The highest BCUT2D eigenvalue weighted by molar-refractivity contribution is 5.30. The number of hydrogen-bond acceptors (Lipinski definition) is 2. The third-order valence-electron chi connectivity index (χ3n) is 3.65. The van der Waals surface area contributed by atoms with Gasteiger partial charge in [0, 0.05) is 6.04 Å². The fourth-order valence-electron chi connectivity index (χ4n) is 2.71. The maximum absolute atomic E-state index is 5.73. The van der Waals surface area contributed by atoms with Crippen molar-refractivity contribution in [3.05, 3.63) is 70.8 Å². The molecule has 0 aliphatic heterocycles. The average molecular weight is 268 g/mol. The summed E-state index contributed by atoms with van der Waals surface area (Å²) in [6.07, 6.45) is 3.28. The van der Waals surface area contributed by atoms with E-state index in [0.717, 1.165) is 19.3 Å². The normalized spacial score (nSPS) is 12.3. The third-order valence-corrected chi connectivity index (χ3v) is 3.65. The van der Waals surface area contributed by atoms with Gasteiger partial charge in [-0.25, -0.2) is 0 Å². The molecule has 1 atom stereocenters. The second-order valence-corrected chi connectivity index (χ2v) is 5.52.